The van der Waals surface area contributed by atoms with E-state index in [-0.39, 0.29) is 18.3 Å². The highest BCUT2D eigenvalue weighted by Crippen LogP contribution is 2.60. The van der Waals surface area contributed by atoms with Crippen LogP contribution in [-0.4, -0.2) is 35.0 Å². The van der Waals surface area contributed by atoms with Gasteiger partial charge in [-0.3, -0.25) is 4.79 Å². The van der Waals surface area contributed by atoms with Gasteiger partial charge >= 0.3 is 5.97 Å². The fraction of sp³-hybridized carbons (Fsp3) is 0.696. The highest BCUT2D eigenvalue weighted by molar-refractivity contribution is 6.32. The van der Waals surface area contributed by atoms with E-state index in [2.05, 4.69) is 13.8 Å². The lowest BCUT2D eigenvalue weighted by Crippen LogP contribution is -2.70. The second kappa shape index (κ2) is 7.59. The predicted octanol–water partition coefficient (Wildman–Crippen LogP) is 4.55. The van der Waals surface area contributed by atoms with Crippen molar-refractivity contribution in [3.63, 3.8) is 0 Å². The minimum Gasteiger partial charge on any atom is -0.481 e. The average molecular weight is 453 g/mol. The summed E-state index contributed by atoms with van der Waals surface area (Å²) in [5.74, 6) is -0.304. The Labute approximate surface area is 186 Å². The summed E-state index contributed by atoms with van der Waals surface area (Å²) in [6.45, 7) is 6.29. The summed E-state index contributed by atoms with van der Waals surface area (Å²) in [4.78, 5) is 22.9. The third-order valence-electron chi connectivity index (χ3n) is 7.69. The Hall–Kier alpha value is -1.38. The van der Waals surface area contributed by atoms with Crippen LogP contribution in [0.4, 0.5) is 0 Å². The lowest BCUT2D eigenvalue weighted by molar-refractivity contribution is -0.575. The molecule has 8 atom stereocenters. The number of aliphatic carboxylic acids is 1. The largest absolute Gasteiger partial charge is 0.481 e. The van der Waals surface area contributed by atoms with Gasteiger partial charge in [0.15, 0.2) is 11.9 Å². The number of carbonyl (C=O) groups is 1. The monoisotopic (exact) mass is 452 g/mol. The molecule has 4 aliphatic heterocycles. The van der Waals surface area contributed by atoms with Crippen LogP contribution in [0, 0.1) is 23.7 Å². The van der Waals surface area contributed by atoms with E-state index in [0.717, 1.165) is 25.7 Å². The standard InChI is InChI=1S/C23H29ClO7/c1-12-4-6-16-13(2)20(27-18-7-5-14(10-17(18)24)11-19(25)26)28-21-23(16)15(12)8-9-22(3,29-21)30-31-23/h5,7,10,12-13,15-16,20-21H,4,6,8-9,11H2,1-3H3,(H,25,26)/t12-,13-,15+,16+,20+,21-,22-,23-/m1/s1. The first kappa shape index (κ1) is 21.5. The Balaban J connectivity index is 1.43. The minimum absolute atomic E-state index is 0.0238. The maximum Gasteiger partial charge on any atom is 0.307 e. The molecule has 1 aromatic rings. The van der Waals surface area contributed by atoms with E-state index >= 15 is 0 Å². The molecule has 0 radical (unpaired) electrons. The van der Waals surface area contributed by atoms with Crippen LogP contribution in [0.1, 0.15) is 52.0 Å². The lowest BCUT2D eigenvalue weighted by atomic mass is 9.58. The van der Waals surface area contributed by atoms with Gasteiger partial charge in [-0.05, 0) is 55.7 Å². The molecule has 1 aliphatic carbocycles. The van der Waals surface area contributed by atoms with E-state index in [9.17, 15) is 4.79 Å². The van der Waals surface area contributed by atoms with E-state index in [1.807, 2.05) is 6.92 Å². The second-order valence-electron chi connectivity index (χ2n) is 9.73. The Kier molecular flexibility index (Phi) is 5.26. The molecule has 1 aromatic carbocycles. The van der Waals surface area contributed by atoms with Gasteiger partial charge in [-0.15, -0.1) is 0 Å². The van der Waals surface area contributed by atoms with Crippen molar-refractivity contribution in [2.24, 2.45) is 23.7 Å². The van der Waals surface area contributed by atoms with E-state index in [0.29, 0.717) is 28.2 Å². The van der Waals surface area contributed by atoms with Gasteiger partial charge in [0, 0.05) is 18.3 Å². The summed E-state index contributed by atoms with van der Waals surface area (Å²) in [7, 11) is 0. The molecule has 0 amide bonds. The van der Waals surface area contributed by atoms with Crippen molar-refractivity contribution in [1.82, 2.24) is 0 Å². The molecule has 31 heavy (non-hydrogen) atoms. The number of halogens is 1. The molecule has 1 N–H and O–H groups in total. The molecule has 2 bridgehead atoms. The Morgan fingerprint density at radius 2 is 2.03 bits per heavy atom. The SMILES string of the molecule is C[C@H]1[C@@H](Oc2ccc(CC(=O)O)cc2Cl)O[C@@H]2O[C@@]3(C)CC[C@H]4[C@H](C)CC[C@@H]1[C@@]24OO3. The number of carboxylic acid groups (broad SMARTS) is 1. The summed E-state index contributed by atoms with van der Waals surface area (Å²) in [6.07, 6.45) is 2.59. The molecule has 5 aliphatic rings. The first-order valence-corrected chi connectivity index (χ1v) is 11.5. The van der Waals surface area contributed by atoms with Gasteiger partial charge in [0.05, 0.1) is 11.4 Å². The number of ether oxygens (including phenoxy) is 3. The van der Waals surface area contributed by atoms with Crippen molar-refractivity contribution in [1.29, 1.82) is 0 Å². The topological polar surface area (TPSA) is 83.5 Å². The molecular weight excluding hydrogens is 424 g/mol. The number of benzene rings is 1. The molecule has 6 rings (SSSR count). The Morgan fingerprint density at radius 3 is 2.77 bits per heavy atom. The van der Waals surface area contributed by atoms with Crippen molar-refractivity contribution in [2.75, 3.05) is 0 Å². The van der Waals surface area contributed by atoms with Crippen LogP contribution >= 0.6 is 11.6 Å². The minimum atomic E-state index is -0.906. The number of carboxylic acids is 1. The van der Waals surface area contributed by atoms with Crippen molar-refractivity contribution in [3.05, 3.63) is 28.8 Å². The van der Waals surface area contributed by atoms with Crippen LogP contribution < -0.4 is 4.74 Å². The van der Waals surface area contributed by atoms with Crippen LogP contribution in [-0.2, 0) is 30.5 Å². The molecule has 4 saturated heterocycles. The van der Waals surface area contributed by atoms with Crippen LogP contribution in [0.15, 0.2) is 18.2 Å². The normalized spacial score (nSPS) is 43.7. The molecule has 0 aromatic heterocycles. The van der Waals surface area contributed by atoms with Gasteiger partial charge in [0.1, 0.15) is 5.75 Å². The first-order valence-electron chi connectivity index (χ1n) is 11.1. The second-order valence-corrected chi connectivity index (χ2v) is 10.1. The molecule has 1 spiro atoms. The summed E-state index contributed by atoms with van der Waals surface area (Å²) in [5.41, 5.74) is -0.0179. The van der Waals surface area contributed by atoms with E-state index in [1.54, 1.807) is 18.2 Å². The van der Waals surface area contributed by atoms with Gasteiger partial charge in [-0.25, -0.2) is 9.78 Å². The van der Waals surface area contributed by atoms with Gasteiger partial charge in [0.25, 0.3) is 0 Å². The molecule has 1 saturated carbocycles. The average Bonchev–Trinajstić information content (AvgIpc) is 2.93. The van der Waals surface area contributed by atoms with Crippen molar-refractivity contribution in [3.8, 4) is 5.75 Å². The van der Waals surface area contributed by atoms with Gasteiger partial charge in [0.2, 0.25) is 12.1 Å². The van der Waals surface area contributed by atoms with Crippen LogP contribution in [0.25, 0.3) is 0 Å². The van der Waals surface area contributed by atoms with Crippen molar-refractivity contribution >= 4 is 17.6 Å². The smallest absolute Gasteiger partial charge is 0.307 e. The number of hydrogen-bond acceptors (Lipinski definition) is 6. The van der Waals surface area contributed by atoms with E-state index in [1.165, 1.54) is 0 Å². The number of rotatable bonds is 4. The van der Waals surface area contributed by atoms with Gasteiger partial charge in [-0.2, -0.15) is 0 Å². The molecule has 4 heterocycles. The molecular formula is C23H29ClO7. The Morgan fingerprint density at radius 1 is 1.23 bits per heavy atom. The molecule has 7 nitrogen and oxygen atoms in total. The maximum absolute atomic E-state index is 11.0. The number of hydrogen-bond donors (Lipinski definition) is 1. The van der Waals surface area contributed by atoms with E-state index in [4.69, 9.17) is 40.7 Å². The summed E-state index contributed by atoms with van der Waals surface area (Å²) < 4.78 is 19.0. The molecule has 170 valence electrons. The highest BCUT2D eigenvalue weighted by atomic mass is 35.5. The van der Waals surface area contributed by atoms with Crippen LogP contribution in [0.2, 0.25) is 5.02 Å². The molecule has 0 unspecified atom stereocenters. The summed E-state index contributed by atoms with van der Waals surface area (Å²) >= 11 is 6.40. The molecule has 5 fully saturated rings. The predicted molar refractivity (Wildman–Crippen MR) is 110 cm³/mol. The van der Waals surface area contributed by atoms with Crippen molar-refractivity contribution in [2.45, 2.75) is 76.8 Å². The van der Waals surface area contributed by atoms with E-state index < -0.39 is 29.9 Å². The Bertz CT molecular complexity index is 877. The summed E-state index contributed by atoms with van der Waals surface area (Å²) in [6, 6.07) is 5.04. The molecule has 8 heteroatoms. The number of fused-ring (bicyclic) bond motifs is 2. The summed E-state index contributed by atoms with van der Waals surface area (Å²) in [5, 5.41) is 9.36. The maximum atomic E-state index is 11.0. The zero-order chi connectivity index (χ0) is 22.0. The quantitative estimate of drug-likeness (QED) is 0.670. The third-order valence-corrected chi connectivity index (χ3v) is 7.99. The van der Waals surface area contributed by atoms with Gasteiger partial charge in [-0.1, -0.05) is 31.5 Å². The van der Waals surface area contributed by atoms with Crippen LogP contribution in [0.3, 0.4) is 0 Å². The highest BCUT2D eigenvalue weighted by Gasteiger charge is 2.69. The van der Waals surface area contributed by atoms with Gasteiger partial charge < -0.3 is 19.3 Å². The fourth-order valence-electron chi connectivity index (χ4n) is 6.06. The first-order chi connectivity index (χ1) is 14.7. The fourth-order valence-corrected chi connectivity index (χ4v) is 6.30. The lowest BCUT2D eigenvalue weighted by Gasteiger charge is -2.60. The zero-order valence-electron chi connectivity index (χ0n) is 18.0. The zero-order valence-corrected chi connectivity index (χ0v) is 18.8. The third kappa shape index (κ3) is 3.45. The van der Waals surface area contributed by atoms with Crippen molar-refractivity contribution < 1.29 is 33.9 Å². The van der Waals surface area contributed by atoms with Crippen LogP contribution in [0.5, 0.6) is 5.75 Å².